The maximum absolute atomic E-state index is 10.6. The lowest BCUT2D eigenvalue weighted by Gasteiger charge is -2.14. The molecule has 0 amide bonds. The second-order valence-corrected chi connectivity index (χ2v) is 6.66. The van der Waals surface area contributed by atoms with Crippen LogP contribution >= 0.6 is 11.8 Å². The summed E-state index contributed by atoms with van der Waals surface area (Å²) in [6, 6.07) is 7.57. The molecule has 20 heavy (non-hydrogen) atoms. The molecule has 0 spiro atoms. The second kappa shape index (κ2) is 7.70. The standard InChI is InChI=1S/C16H22O3S/c17-14(9-12-3-1-2-4-12)11-20-15-7-5-13(6-8-15)10-16(18)19/h5-8,12,14,17H,1-4,9-11H2,(H,18,19). The molecule has 0 bridgehead atoms. The number of benzene rings is 1. The lowest BCUT2D eigenvalue weighted by atomic mass is 10.0. The summed E-state index contributed by atoms with van der Waals surface area (Å²) in [6.07, 6.45) is 5.92. The van der Waals surface area contributed by atoms with Gasteiger partial charge in [-0.25, -0.2) is 0 Å². The van der Waals surface area contributed by atoms with E-state index >= 15 is 0 Å². The van der Waals surface area contributed by atoms with E-state index in [1.165, 1.54) is 25.7 Å². The first kappa shape index (κ1) is 15.4. The Labute approximate surface area is 124 Å². The molecule has 1 fully saturated rings. The first-order valence-corrected chi connectivity index (χ1v) is 8.23. The number of aliphatic hydroxyl groups is 1. The van der Waals surface area contributed by atoms with Crippen molar-refractivity contribution in [3.8, 4) is 0 Å². The van der Waals surface area contributed by atoms with Gasteiger partial charge in [-0.15, -0.1) is 11.8 Å². The fourth-order valence-electron chi connectivity index (χ4n) is 2.77. The zero-order valence-corrected chi connectivity index (χ0v) is 12.4. The molecule has 1 aliphatic rings. The Hall–Kier alpha value is -1.00. The Kier molecular flexibility index (Phi) is 5.92. The van der Waals surface area contributed by atoms with Gasteiger partial charge in [-0.3, -0.25) is 4.79 Å². The number of hydrogen-bond donors (Lipinski definition) is 2. The number of carbonyl (C=O) groups is 1. The summed E-state index contributed by atoms with van der Waals surface area (Å²) < 4.78 is 0. The highest BCUT2D eigenvalue weighted by Gasteiger charge is 2.18. The SMILES string of the molecule is O=C(O)Cc1ccc(SCC(O)CC2CCCC2)cc1. The first-order chi connectivity index (χ1) is 9.63. The molecule has 1 aromatic carbocycles. The molecular formula is C16H22O3S. The number of aliphatic carboxylic acids is 1. The lowest BCUT2D eigenvalue weighted by molar-refractivity contribution is -0.136. The normalized spacial score (nSPS) is 17.2. The molecule has 1 aliphatic carbocycles. The third-order valence-corrected chi connectivity index (χ3v) is 4.96. The van der Waals surface area contributed by atoms with Gasteiger partial charge in [-0.2, -0.15) is 0 Å². The van der Waals surface area contributed by atoms with E-state index in [4.69, 9.17) is 5.11 Å². The van der Waals surface area contributed by atoms with Gasteiger partial charge in [-0.05, 0) is 30.0 Å². The van der Waals surface area contributed by atoms with E-state index < -0.39 is 5.97 Å². The van der Waals surface area contributed by atoms with Gasteiger partial charge in [0.15, 0.2) is 0 Å². The Bertz CT molecular complexity index is 424. The van der Waals surface area contributed by atoms with E-state index in [0.29, 0.717) is 5.92 Å². The maximum atomic E-state index is 10.6. The first-order valence-electron chi connectivity index (χ1n) is 7.25. The van der Waals surface area contributed by atoms with Gasteiger partial charge in [0.2, 0.25) is 0 Å². The fourth-order valence-corrected chi connectivity index (χ4v) is 3.62. The predicted octanol–water partition coefficient (Wildman–Crippen LogP) is 3.35. The summed E-state index contributed by atoms with van der Waals surface area (Å²) in [7, 11) is 0. The van der Waals surface area contributed by atoms with Crippen molar-refractivity contribution in [3.63, 3.8) is 0 Å². The van der Waals surface area contributed by atoms with Crippen molar-refractivity contribution in [2.75, 3.05) is 5.75 Å². The average Bonchev–Trinajstić information content (AvgIpc) is 2.90. The smallest absolute Gasteiger partial charge is 0.307 e. The van der Waals surface area contributed by atoms with Gasteiger partial charge in [0, 0.05) is 10.6 Å². The summed E-state index contributed by atoms with van der Waals surface area (Å²) in [4.78, 5) is 11.7. The van der Waals surface area contributed by atoms with Crippen molar-refractivity contribution in [3.05, 3.63) is 29.8 Å². The zero-order chi connectivity index (χ0) is 14.4. The molecule has 0 aliphatic heterocycles. The maximum Gasteiger partial charge on any atom is 0.307 e. The second-order valence-electron chi connectivity index (χ2n) is 5.57. The van der Waals surface area contributed by atoms with Crippen LogP contribution in [0.2, 0.25) is 0 Å². The third kappa shape index (κ3) is 5.17. The van der Waals surface area contributed by atoms with Crippen LogP contribution in [-0.4, -0.2) is 28.0 Å². The number of carboxylic acids is 1. The van der Waals surface area contributed by atoms with Crippen LogP contribution in [0.4, 0.5) is 0 Å². The van der Waals surface area contributed by atoms with E-state index in [1.807, 2.05) is 24.3 Å². The molecule has 1 aromatic rings. The zero-order valence-electron chi connectivity index (χ0n) is 11.6. The Balaban J connectivity index is 1.73. The van der Waals surface area contributed by atoms with Gasteiger partial charge in [0.1, 0.15) is 0 Å². The summed E-state index contributed by atoms with van der Waals surface area (Å²) >= 11 is 1.64. The van der Waals surface area contributed by atoms with E-state index in [9.17, 15) is 9.90 Å². The molecule has 0 saturated heterocycles. The lowest BCUT2D eigenvalue weighted by Crippen LogP contribution is -2.14. The summed E-state index contributed by atoms with van der Waals surface area (Å²) in [5.74, 6) is 0.621. The molecule has 2 rings (SSSR count). The molecule has 2 N–H and O–H groups in total. The fraction of sp³-hybridized carbons (Fsp3) is 0.562. The summed E-state index contributed by atoms with van der Waals surface area (Å²) in [5, 5.41) is 18.8. The van der Waals surface area contributed by atoms with Gasteiger partial charge >= 0.3 is 5.97 Å². The van der Waals surface area contributed by atoms with Gasteiger partial charge in [-0.1, -0.05) is 37.8 Å². The van der Waals surface area contributed by atoms with Crippen molar-refractivity contribution >= 4 is 17.7 Å². The molecule has 0 heterocycles. The van der Waals surface area contributed by atoms with Crippen molar-refractivity contribution in [1.29, 1.82) is 0 Å². The molecule has 4 heteroatoms. The van der Waals surface area contributed by atoms with E-state index in [1.54, 1.807) is 11.8 Å². The highest BCUT2D eigenvalue weighted by atomic mass is 32.2. The monoisotopic (exact) mass is 294 g/mol. The third-order valence-electron chi connectivity index (χ3n) is 3.80. The number of hydrogen-bond acceptors (Lipinski definition) is 3. The van der Waals surface area contributed by atoms with Crippen LogP contribution in [0.25, 0.3) is 0 Å². The van der Waals surface area contributed by atoms with Gasteiger partial charge in [0.25, 0.3) is 0 Å². The van der Waals surface area contributed by atoms with Gasteiger partial charge in [0.05, 0.1) is 12.5 Å². The number of carboxylic acid groups (broad SMARTS) is 1. The van der Waals surface area contributed by atoms with Crippen LogP contribution in [0.3, 0.4) is 0 Å². The molecule has 1 unspecified atom stereocenters. The topological polar surface area (TPSA) is 57.5 Å². The minimum Gasteiger partial charge on any atom is -0.481 e. The van der Waals surface area contributed by atoms with E-state index in [2.05, 4.69) is 0 Å². The molecule has 3 nitrogen and oxygen atoms in total. The quantitative estimate of drug-likeness (QED) is 0.757. The Morgan fingerprint density at radius 3 is 2.50 bits per heavy atom. The predicted molar refractivity (Wildman–Crippen MR) is 81.1 cm³/mol. The van der Waals surface area contributed by atoms with Crippen molar-refractivity contribution in [2.45, 2.75) is 49.5 Å². The van der Waals surface area contributed by atoms with Crippen LogP contribution in [0.1, 0.15) is 37.7 Å². The summed E-state index contributed by atoms with van der Waals surface area (Å²) in [6.45, 7) is 0. The van der Waals surface area contributed by atoms with E-state index in [0.717, 1.165) is 22.6 Å². The number of thioether (sulfide) groups is 1. The van der Waals surface area contributed by atoms with Crippen molar-refractivity contribution < 1.29 is 15.0 Å². The van der Waals surface area contributed by atoms with Crippen molar-refractivity contribution in [1.82, 2.24) is 0 Å². The number of aliphatic hydroxyl groups excluding tert-OH is 1. The Morgan fingerprint density at radius 2 is 1.90 bits per heavy atom. The molecular weight excluding hydrogens is 272 g/mol. The highest BCUT2D eigenvalue weighted by Crippen LogP contribution is 2.30. The van der Waals surface area contributed by atoms with Crippen LogP contribution in [0.15, 0.2) is 29.2 Å². The minimum atomic E-state index is -0.808. The van der Waals surface area contributed by atoms with Crippen LogP contribution in [0.5, 0.6) is 0 Å². The minimum absolute atomic E-state index is 0.0647. The molecule has 1 saturated carbocycles. The van der Waals surface area contributed by atoms with Crippen LogP contribution in [-0.2, 0) is 11.2 Å². The molecule has 0 radical (unpaired) electrons. The highest BCUT2D eigenvalue weighted by molar-refractivity contribution is 7.99. The van der Waals surface area contributed by atoms with Gasteiger partial charge < -0.3 is 10.2 Å². The molecule has 1 atom stereocenters. The summed E-state index contributed by atoms with van der Waals surface area (Å²) in [5.41, 5.74) is 0.813. The largest absolute Gasteiger partial charge is 0.481 e. The average molecular weight is 294 g/mol. The van der Waals surface area contributed by atoms with Crippen LogP contribution < -0.4 is 0 Å². The molecule has 0 aromatic heterocycles. The van der Waals surface area contributed by atoms with Crippen molar-refractivity contribution in [2.24, 2.45) is 5.92 Å². The van der Waals surface area contributed by atoms with Crippen LogP contribution in [0, 0.1) is 5.92 Å². The Morgan fingerprint density at radius 1 is 1.25 bits per heavy atom. The number of rotatable bonds is 7. The molecule has 110 valence electrons. The van der Waals surface area contributed by atoms with E-state index in [-0.39, 0.29) is 12.5 Å².